The lowest BCUT2D eigenvalue weighted by Gasteiger charge is -2.01. The number of carboxylic acids is 2. The molecule has 168 valence electrons. The van der Waals surface area contributed by atoms with Crippen molar-refractivity contribution in [3.63, 3.8) is 0 Å². The van der Waals surface area contributed by atoms with Gasteiger partial charge in [0.1, 0.15) is 6.33 Å². The zero-order valence-corrected chi connectivity index (χ0v) is 18.3. The summed E-state index contributed by atoms with van der Waals surface area (Å²) in [6.45, 7) is 2.52. The second-order valence-electron chi connectivity index (χ2n) is 7.43. The predicted octanol–water partition coefficient (Wildman–Crippen LogP) is 4.97. The molecule has 7 nitrogen and oxygen atoms in total. The summed E-state index contributed by atoms with van der Waals surface area (Å²) >= 11 is 0. The van der Waals surface area contributed by atoms with Crippen LogP contribution in [0.25, 0.3) is 11.4 Å². The molecule has 7 heteroatoms. The monoisotopic (exact) mass is 443 g/mol. The number of nitrogens with zero attached hydrogens (tertiary/aromatic N) is 3. The molecule has 0 aliphatic heterocycles. The molecule has 0 radical (unpaired) electrons. The average Bonchev–Trinajstić information content (AvgIpc) is 3.30. The minimum absolute atomic E-state index is 0.0111. The van der Waals surface area contributed by atoms with Gasteiger partial charge in [-0.2, -0.15) is 5.10 Å². The summed E-state index contributed by atoms with van der Waals surface area (Å²) in [5, 5.41) is 21.8. The molecule has 1 aromatic heterocycles. The Bertz CT molecular complexity index is 1200. The second-order valence-corrected chi connectivity index (χ2v) is 7.43. The van der Waals surface area contributed by atoms with Gasteiger partial charge in [0, 0.05) is 12.1 Å². The van der Waals surface area contributed by atoms with Crippen molar-refractivity contribution in [2.75, 3.05) is 0 Å². The molecule has 4 rings (SSSR count). The molecule has 0 bridgehead atoms. The van der Waals surface area contributed by atoms with Gasteiger partial charge in [0.05, 0.1) is 11.1 Å². The lowest BCUT2D eigenvalue weighted by molar-refractivity contribution is 0.0695. The molecule has 1 heterocycles. The Morgan fingerprint density at radius 1 is 0.879 bits per heavy atom. The van der Waals surface area contributed by atoms with Crippen LogP contribution in [0.4, 0.5) is 0 Å². The van der Waals surface area contributed by atoms with E-state index in [9.17, 15) is 9.59 Å². The zero-order valence-electron chi connectivity index (χ0n) is 18.3. The summed E-state index contributed by atoms with van der Waals surface area (Å²) in [6.07, 6.45) is 3.95. The quantitative estimate of drug-likeness (QED) is 0.418. The predicted molar refractivity (Wildman–Crippen MR) is 125 cm³/mol. The molecule has 0 saturated heterocycles. The van der Waals surface area contributed by atoms with Crippen molar-refractivity contribution in [2.45, 2.75) is 26.3 Å². The minimum Gasteiger partial charge on any atom is -0.478 e. The number of hydrogen-bond donors (Lipinski definition) is 2. The summed E-state index contributed by atoms with van der Waals surface area (Å²) in [4.78, 5) is 25.5. The molecular weight excluding hydrogens is 418 g/mol. The van der Waals surface area contributed by atoms with Crippen LogP contribution in [0.1, 0.15) is 38.3 Å². The normalized spacial score (nSPS) is 10.2. The average molecular weight is 444 g/mol. The SMILES string of the molecule is Cc1ccc(C(=O)O)cc1C(=O)O.c1ccc(CCCn2cnc(-c3ccccc3)n2)cc1. The summed E-state index contributed by atoms with van der Waals surface area (Å²) in [6, 6.07) is 24.6. The van der Waals surface area contributed by atoms with E-state index in [1.165, 1.54) is 17.7 Å². The van der Waals surface area contributed by atoms with E-state index in [1.807, 2.05) is 47.4 Å². The Labute approximate surface area is 192 Å². The van der Waals surface area contributed by atoms with Crippen LogP contribution >= 0.6 is 0 Å². The molecule has 0 amide bonds. The fraction of sp³-hybridized carbons (Fsp3) is 0.154. The molecule has 0 aliphatic carbocycles. The highest BCUT2D eigenvalue weighted by atomic mass is 16.4. The first-order valence-corrected chi connectivity index (χ1v) is 10.5. The maximum atomic E-state index is 10.6. The van der Waals surface area contributed by atoms with Gasteiger partial charge in [-0.3, -0.25) is 4.68 Å². The van der Waals surface area contributed by atoms with Crippen molar-refractivity contribution in [3.8, 4) is 11.4 Å². The van der Waals surface area contributed by atoms with Gasteiger partial charge in [0.25, 0.3) is 0 Å². The number of rotatable bonds is 7. The van der Waals surface area contributed by atoms with Crippen molar-refractivity contribution < 1.29 is 19.8 Å². The van der Waals surface area contributed by atoms with Crippen molar-refractivity contribution in [1.29, 1.82) is 0 Å². The molecule has 0 aliphatic rings. The Morgan fingerprint density at radius 2 is 1.55 bits per heavy atom. The van der Waals surface area contributed by atoms with E-state index in [0.717, 1.165) is 36.8 Å². The molecule has 4 aromatic rings. The van der Waals surface area contributed by atoms with Gasteiger partial charge in [-0.15, -0.1) is 0 Å². The van der Waals surface area contributed by atoms with Crippen LogP contribution in [-0.4, -0.2) is 36.9 Å². The van der Waals surface area contributed by atoms with Crippen LogP contribution in [-0.2, 0) is 13.0 Å². The number of carboxylic acid groups (broad SMARTS) is 2. The molecular formula is C26H25N3O4. The highest BCUT2D eigenvalue weighted by Gasteiger charge is 2.10. The van der Waals surface area contributed by atoms with Gasteiger partial charge in [0.15, 0.2) is 5.82 Å². The summed E-state index contributed by atoms with van der Waals surface area (Å²) in [5.41, 5.74) is 3.01. The second kappa shape index (κ2) is 11.4. The maximum absolute atomic E-state index is 10.6. The maximum Gasteiger partial charge on any atom is 0.335 e. The lowest BCUT2D eigenvalue weighted by atomic mass is 10.1. The Morgan fingerprint density at radius 3 is 2.18 bits per heavy atom. The molecule has 33 heavy (non-hydrogen) atoms. The summed E-state index contributed by atoms with van der Waals surface area (Å²) < 4.78 is 1.92. The topological polar surface area (TPSA) is 105 Å². The fourth-order valence-electron chi connectivity index (χ4n) is 3.20. The van der Waals surface area contributed by atoms with Crippen molar-refractivity contribution in [1.82, 2.24) is 14.8 Å². The minimum atomic E-state index is -1.12. The number of aryl methyl sites for hydroxylation is 3. The highest BCUT2D eigenvalue weighted by Crippen LogP contribution is 2.13. The Balaban J connectivity index is 0.000000205. The smallest absolute Gasteiger partial charge is 0.335 e. The fourth-order valence-corrected chi connectivity index (χ4v) is 3.20. The van der Waals surface area contributed by atoms with Crippen LogP contribution in [0, 0.1) is 6.92 Å². The molecule has 3 aromatic carbocycles. The van der Waals surface area contributed by atoms with E-state index in [1.54, 1.807) is 6.92 Å². The molecule has 0 fully saturated rings. The van der Waals surface area contributed by atoms with Gasteiger partial charge in [-0.1, -0.05) is 66.7 Å². The van der Waals surface area contributed by atoms with E-state index in [2.05, 4.69) is 34.3 Å². The lowest BCUT2D eigenvalue weighted by Crippen LogP contribution is -2.03. The van der Waals surface area contributed by atoms with Crippen LogP contribution in [0.2, 0.25) is 0 Å². The van der Waals surface area contributed by atoms with Crippen LogP contribution < -0.4 is 0 Å². The molecule has 0 atom stereocenters. The third kappa shape index (κ3) is 6.87. The van der Waals surface area contributed by atoms with Crippen LogP contribution in [0.3, 0.4) is 0 Å². The zero-order chi connectivity index (χ0) is 23.6. The molecule has 2 N–H and O–H groups in total. The third-order valence-corrected chi connectivity index (χ3v) is 4.98. The van der Waals surface area contributed by atoms with Crippen LogP contribution in [0.15, 0.2) is 85.2 Å². The van der Waals surface area contributed by atoms with E-state index in [4.69, 9.17) is 10.2 Å². The van der Waals surface area contributed by atoms with E-state index in [-0.39, 0.29) is 11.1 Å². The number of carbonyl (C=O) groups is 2. The molecule has 0 saturated carbocycles. The van der Waals surface area contributed by atoms with Crippen LogP contribution in [0.5, 0.6) is 0 Å². The van der Waals surface area contributed by atoms with E-state index >= 15 is 0 Å². The van der Waals surface area contributed by atoms with Gasteiger partial charge >= 0.3 is 11.9 Å². The van der Waals surface area contributed by atoms with Gasteiger partial charge in [-0.05, 0) is 43.0 Å². The number of benzene rings is 3. The number of aromatic nitrogens is 3. The summed E-state index contributed by atoms with van der Waals surface area (Å²) in [7, 11) is 0. The van der Waals surface area contributed by atoms with Gasteiger partial charge in [-0.25, -0.2) is 14.6 Å². The largest absolute Gasteiger partial charge is 0.478 e. The Kier molecular flexibility index (Phi) is 8.07. The van der Waals surface area contributed by atoms with E-state index in [0.29, 0.717) is 5.56 Å². The first-order chi connectivity index (χ1) is 15.9. The highest BCUT2D eigenvalue weighted by molar-refractivity contribution is 5.94. The molecule has 0 spiro atoms. The van der Waals surface area contributed by atoms with Gasteiger partial charge in [0.2, 0.25) is 0 Å². The van der Waals surface area contributed by atoms with E-state index < -0.39 is 11.9 Å². The van der Waals surface area contributed by atoms with Crippen molar-refractivity contribution >= 4 is 11.9 Å². The third-order valence-electron chi connectivity index (χ3n) is 4.98. The first kappa shape index (κ1) is 23.4. The first-order valence-electron chi connectivity index (χ1n) is 10.5. The Hall–Kier alpha value is -4.26. The van der Waals surface area contributed by atoms with Gasteiger partial charge < -0.3 is 10.2 Å². The number of aromatic carboxylic acids is 2. The standard InChI is InChI=1S/C17H17N3.C9H8O4/c1-3-8-15(9-4-1)10-7-13-20-14-18-17(19-20)16-11-5-2-6-12-16;1-5-2-3-6(8(10)11)4-7(5)9(12)13/h1-6,8-9,11-12,14H,7,10,13H2;2-4H,1H3,(H,10,11)(H,12,13). The summed E-state index contributed by atoms with van der Waals surface area (Å²) in [5.74, 6) is -1.44. The number of hydrogen-bond acceptors (Lipinski definition) is 4. The molecule has 0 unspecified atom stereocenters. The van der Waals surface area contributed by atoms with Crippen molar-refractivity contribution in [3.05, 3.63) is 107 Å². The van der Waals surface area contributed by atoms with Crippen molar-refractivity contribution in [2.24, 2.45) is 0 Å².